The van der Waals surface area contributed by atoms with E-state index in [9.17, 15) is 9.59 Å². The smallest absolute Gasteiger partial charge is 0.341 e. The second-order valence-electron chi connectivity index (χ2n) is 4.47. The maximum absolute atomic E-state index is 12.2. The Morgan fingerprint density at radius 3 is 2.58 bits per heavy atom. The van der Waals surface area contributed by atoms with E-state index in [1.54, 1.807) is 32.9 Å². The third kappa shape index (κ3) is 2.42. The minimum Gasteiger partial charge on any atom is -0.477 e. The van der Waals surface area contributed by atoms with Gasteiger partial charge in [-0.1, -0.05) is 5.16 Å². The highest BCUT2D eigenvalue weighted by molar-refractivity contribution is 5.88. The molecule has 19 heavy (non-hydrogen) atoms. The van der Waals surface area contributed by atoms with E-state index in [4.69, 9.17) is 9.63 Å². The first kappa shape index (κ1) is 13.1. The third-order valence-electron chi connectivity index (χ3n) is 2.92. The molecule has 0 unspecified atom stereocenters. The number of hydrogen-bond acceptors (Lipinski definition) is 4. The standard InChI is InChI=1S/C13H14N2O4/c1-7-4-8(2)15(12(16)11(7)13(17)18)6-10-5-9(3)19-14-10/h4-5H,6H2,1-3H3,(H,17,18). The second kappa shape index (κ2) is 4.72. The van der Waals surface area contributed by atoms with Crippen LogP contribution in [0, 0.1) is 20.8 Å². The van der Waals surface area contributed by atoms with Gasteiger partial charge in [0.1, 0.15) is 17.0 Å². The van der Waals surface area contributed by atoms with Gasteiger partial charge >= 0.3 is 5.97 Å². The summed E-state index contributed by atoms with van der Waals surface area (Å²) in [7, 11) is 0. The van der Waals surface area contributed by atoms with Crippen LogP contribution in [-0.2, 0) is 6.54 Å². The van der Waals surface area contributed by atoms with Crippen LogP contribution in [0.1, 0.15) is 33.1 Å². The van der Waals surface area contributed by atoms with Gasteiger partial charge in [-0.2, -0.15) is 0 Å². The maximum atomic E-state index is 12.2. The van der Waals surface area contributed by atoms with E-state index in [1.165, 1.54) is 4.57 Å². The van der Waals surface area contributed by atoms with Crippen molar-refractivity contribution < 1.29 is 14.4 Å². The summed E-state index contributed by atoms with van der Waals surface area (Å²) >= 11 is 0. The van der Waals surface area contributed by atoms with E-state index >= 15 is 0 Å². The van der Waals surface area contributed by atoms with Crippen LogP contribution in [0.2, 0.25) is 0 Å². The summed E-state index contributed by atoms with van der Waals surface area (Å²) in [4.78, 5) is 23.3. The molecule has 6 nitrogen and oxygen atoms in total. The molecule has 0 aliphatic carbocycles. The topological polar surface area (TPSA) is 85.3 Å². The molecular formula is C13H14N2O4. The molecule has 6 heteroatoms. The van der Waals surface area contributed by atoms with E-state index in [2.05, 4.69) is 5.16 Å². The van der Waals surface area contributed by atoms with Crippen LogP contribution in [-0.4, -0.2) is 20.8 Å². The normalized spacial score (nSPS) is 10.7. The summed E-state index contributed by atoms with van der Waals surface area (Å²) in [6.45, 7) is 5.32. The molecule has 0 bridgehead atoms. The number of aromatic nitrogens is 2. The van der Waals surface area contributed by atoms with Crippen molar-refractivity contribution in [2.75, 3.05) is 0 Å². The Balaban J connectivity index is 2.54. The molecule has 2 rings (SSSR count). The predicted molar refractivity (Wildman–Crippen MR) is 67.5 cm³/mol. The zero-order valence-electron chi connectivity index (χ0n) is 10.9. The fourth-order valence-electron chi connectivity index (χ4n) is 2.04. The molecule has 0 spiro atoms. The minimum atomic E-state index is -1.22. The summed E-state index contributed by atoms with van der Waals surface area (Å²) in [5.41, 5.74) is 1.01. The second-order valence-corrected chi connectivity index (χ2v) is 4.47. The molecule has 0 aromatic carbocycles. The van der Waals surface area contributed by atoms with Gasteiger partial charge in [-0.15, -0.1) is 0 Å². The minimum absolute atomic E-state index is 0.197. The SMILES string of the molecule is Cc1cc(Cn2c(C)cc(C)c(C(=O)O)c2=O)no1. The van der Waals surface area contributed by atoms with E-state index < -0.39 is 11.5 Å². The number of rotatable bonds is 3. The van der Waals surface area contributed by atoms with Gasteiger partial charge < -0.3 is 14.2 Å². The molecule has 0 aliphatic heterocycles. The van der Waals surface area contributed by atoms with Gasteiger partial charge in [-0.25, -0.2) is 4.79 Å². The Morgan fingerprint density at radius 1 is 1.37 bits per heavy atom. The van der Waals surface area contributed by atoms with Crippen molar-refractivity contribution in [2.45, 2.75) is 27.3 Å². The van der Waals surface area contributed by atoms with E-state index in [-0.39, 0.29) is 12.1 Å². The molecule has 2 aromatic rings. The lowest BCUT2D eigenvalue weighted by Crippen LogP contribution is -2.29. The van der Waals surface area contributed by atoms with E-state index in [0.717, 1.165) is 0 Å². The lowest BCUT2D eigenvalue weighted by molar-refractivity contribution is 0.0693. The lowest BCUT2D eigenvalue weighted by atomic mass is 10.1. The van der Waals surface area contributed by atoms with Crippen molar-refractivity contribution in [1.29, 1.82) is 0 Å². The summed E-state index contributed by atoms with van der Waals surface area (Å²) < 4.78 is 6.32. The fraction of sp³-hybridized carbons (Fsp3) is 0.308. The summed E-state index contributed by atoms with van der Waals surface area (Å²) in [6.07, 6.45) is 0. The first-order valence-electron chi connectivity index (χ1n) is 5.76. The highest BCUT2D eigenvalue weighted by Crippen LogP contribution is 2.09. The van der Waals surface area contributed by atoms with Gasteiger partial charge in [0.25, 0.3) is 5.56 Å². The first-order valence-corrected chi connectivity index (χ1v) is 5.76. The molecular weight excluding hydrogens is 248 g/mol. The van der Waals surface area contributed by atoms with Crippen LogP contribution in [0.25, 0.3) is 0 Å². The average Bonchev–Trinajstić information content (AvgIpc) is 2.69. The number of carboxylic acid groups (broad SMARTS) is 1. The van der Waals surface area contributed by atoms with Gasteiger partial charge in [0.15, 0.2) is 0 Å². The summed E-state index contributed by atoms with van der Waals surface area (Å²) in [5.74, 6) is -0.571. The molecule has 0 saturated carbocycles. The van der Waals surface area contributed by atoms with Gasteiger partial charge in [0.05, 0.1) is 6.54 Å². The van der Waals surface area contributed by atoms with Crippen LogP contribution < -0.4 is 5.56 Å². The number of carboxylic acids is 1. The van der Waals surface area contributed by atoms with Crippen molar-refractivity contribution in [3.05, 3.63) is 50.8 Å². The number of pyridine rings is 1. The van der Waals surface area contributed by atoms with E-state index in [1.807, 2.05) is 0 Å². The molecule has 2 heterocycles. The largest absolute Gasteiger partial charge is 0.477 e. The first-order chi connectivity index (χ1) is 8.90. The third-order valence-corrected chi connectivity index (χ3v) is 2.92. The van der Waals surface area contributed by atoms with Gasteiger partial charge in [-0.3, -0.25) is 4.79 Å². The van der Waals surface area contributed by atoms with Gasteiger partial charge in [0.2, 0.25) is 0 Å². The van der Waals surface area contributed by atoms with Crippen molar-refractivity contribution in [1.82, 2.24) is 9.72 Å². The Kier molecular flexibility index (Phi) is 3.25. The van der Waals surface area contributed by atoms with Crippen molar-refractivity contribution in [3.63, 3.8) is 0 Å². The fourth-order valence-corrected chi connectivity index (χ4v) is 2.04. The Hall–Kier alpha value is -2.37. The number of carbonyl (C=O) groups is 1. The molecule has 0 aliphatic rings. The highest BCUT2D eigenvalue weighted by Gasteiger charge is 2.17. The molecule has 0 radical (unpaired) electrons. The van der Waals surface area contributed by atoms with Crippen LogP contribution in [0.5, 0.6) is 0 Å². The van der Waals surface area contributed by atoms with Crippen molar-refractivity contribution in [2.24, 2.45) is 0 Å². The summed E-state index contributed by atoms with van der Waals surface area (Å²) in [6, 6.07) is 3.39. The Morgan fingerprint density at radius 2 is 2.05 bits per heavy atom. The Labute approximate surface area is 109 Å². The Bertz CT molecular complexity index is 697. The molecule has 1 N–H and O–H groups in total. The highest BCUT2D eigenvalue weighted by atomic mass is 16.5. The van der Waals surface area contributed by atoms with Gasteiger partial charge in [-0.05, 0) is 32.4 Å². The van der Waals surface area contributed by atoms with Crippen LogP contribution in [0.3, 0.4) is 0 Å². The molecule has 0 amide bonds. The number of nitrogens with zero attached hydrogens (tertiary/aromatic N) is 2. The van der Waals surface area contributed by atoms with Crippen LogP contribution >= 0.6 is 0 Å². The number of aromatic carboxylic acids is 1. The number of aryl methyl sites for hydroxylation is 3. The monoisotopic (exact) mass is 262 g/mol. The summed E-state index contributed by atoms with van der Waals surface area (Å²) in [5, 5.41) is 12.9. The van der Waals surface area contributed by atoms with Crippen molar-refractivity contribution >= 4 is 5.97 Å². The molecule has 0 fully saturated rings. The maximum Gasteiger partial charge on any atom is 0.341 e. The quantitative estimate of drug-likeness (QED) is 0.906. The molecule has 0 atom stereocenters. The number of hydrogen-bond donors (Lipinski definition) is 1. The lowest BCUT2D eigenvalue weighted by Gasteiger charge is -2.11. The van der Waals surface area contributed by atoms with Gasteiger partial charge in [0, 0.05) is 11.8 Å². The van der Waals surface area contributed by atoms with Crippen LogP contribution in [0.4, 0.5) is 0 Å². The average molecular weight is 262 g/mol. The predicted octanol–water partition coefficient (Wildman–Crippen LogP) is 1.51. The molecule has 100 valence electrons. The zero-order valence-corrected chi connectivity index (χ0v) is 10.9. The molecule has 2 aromatic heterocycles. The molecule has 0 saturated heterocycles. The zero-order chi connectivity index (χ0) is 14.2. The van der Waals surface area contributed by atoms with Crippen molar-refractivity contribution in [3.8, 4) is 0 Å². The van der Waals surface area contributed by atoms with Crippen LogP contribution in [0.15, 0.2) is 21.5 Å². The van der Waals surface area contributed by atoms with E-state index in [0.29, 0.717) is 22.7 Å².